The van der Waals surface area contributed by atoms with Gasteiger partial charge < -0.3 is 32.5 Å². The molecule has 46 heavy (non-hydrogen) atoms. The first kappa shape index (κ1) is 32.2. The van der Waals surface area contributed by atoms with Crippen molar-refractivity contribution in [2.75, 3.05) is 38.4 Å². The minimum Gasteiger partial charge on any atom is -0.505 e. The number of Topliss-reactive ketones (excluding diaryl/α,β-unsaturated/α-hetero) is 4. The molecule has 14 nitrogen and oxygen atoms in total. The van der Waals surface area contributed by atoms with Crippen LogP contribution in [0.15, 0.2) is 30.3 Å². The quantitative estimate of drug-likeness (QED) is 0.198. The summed E-state index contributed by atoms with van der Waals surface area (Å²) in [6.45, 7) is 0.207. The highest BCUT2D eigenvalue weighted by atomic mass is 16.3. The van der Waals surface area contributed by atoms with Crippen LogP contribution < -0.4 is 27.4 Å². The summed E-state index contributed by atoms with van der Waals surface area (Å²) in [5.74, 6) is -10.3. The number of phenolic OH excluding ortho intramolecular Hbond substituents is 1. The maximum absolute atomic E-state index is 14.6. The van der Waals surface area contributed by atoms with Crippen LogP contribution in [0.2, 0.25) is 0 Å². The van der Waals surface area contributed by atoms with Crippen LogP contribution in [0.5, 0.6) is 5.75 Å². The van der Waals surface area contributed by atoms with Crippen molar-refractivity contribution in [2.45, 2.75) is 36.5 Å². The summed E-state index contributed by atoms with van der Waals surface area (Å²) in [5, 5.41) is 34.2. The maximum atomic E-state index is 14.6. The Morgan fingerprint density at radius 3 is 2.22 bits per heavy atom. The molecule has 3 aliphatic carbocycles. The van der Waals surface area contributed by atoms with Crippen LogP contribution in [0.1, 0.15) is 33.5 Å². The first-order valence-electron chi connectivity index (χ1n) is 14.4. The molecule has 0 saturated heterocycles. The van der Waals surface area contributed by atoms with E-state index >= 15 is 0 Å². The lowest BCUT2D eigenvalue weighted by molar-refractivity contribution is -0.166. The van der Waals surface area contributed by atoms with Gasteiger partial charge in [-0.3, -0.25) is 28.9 Å². The lowest BCUT2D eigenvalue weighted by atomic mass is 9.42. The summed E-state index contributed by atoms with van der Waals surface area (Å²) in [6.07, 6.45) is -0.670. The zero-order chi connectivity index (χ0) is 34.1. The van der Waals surface area contributed by atoms with Crippen LogP contribution in [0, 0.1) is 39.9 Å². The normalized spacial score (nSPS) is 30.1. The predicted octanol–water partition coefficient (Wildman–Crippen LogP) is -0.642. The molecule has 2 unspecified atom stereocenters. The van der Waals surface area contributed by atoms with E-state index in [2.05, 4.69) is 5.32 Å². The average Bonchev–Trinajstić information content (AvgIpc) is 2.95. The number of hydrogen-bond donors (Lipinski definition) is 5. The van der Waals surface area contributed by atoms with E-state index in [0.29, 0.717) is 16.8 Å². The van der Waals surface area contributed by atoms with Gasteiger partial charge in [-0.05, 0) is 56.3 Å². The molecule has 0 bridgehead atoms. The molecule has 8 N–H and O–H groups in total. The Bertz CT molecular complexity index is 1810. The number of amides is 1. The molecule has 3 aliphatic rings. The van der Waals surface area contributed by atoms with Gasteiger partial charge in [0, 0.05) is 31.9 Å². The van der Waals surface area contributed by atoms with Gasteiger partial charge in [0.15, 0.2) is 34.5 Å². The van der Waals surface area contributed by atoms with Gasteiger partial charge in [0.25, 0.3) is 0 Å². The van der Waals surface area contributed by atoms with Gasteiger partial charge in [0.05, 0.1) is 40.5 Å². The van der Waals surface area contributed by atoms with Gasteiger partial charge in [-0.1, -0.05) is 12.1 Å². The Kier molecular flexibility index (Phi) is 7.53. The van der Waals surface area contributed by atoms with Crippen molar-refractivity contribution in [2.24, 2.45) is 34.5 Å². The second kappa shape index (κ2) is 10.7. The Balaban J connectivity index is 1.68. The van der Waals surface area contributed by atoms with Crippen LogP contribution >= 0.6 is 0 Å². The van der Waals surface area contributed by atoms with Crippen molar-refractivity contribution in [3.05, 3.63) is 52.6 Å². The molecule has 0 radical (unpaired) electrons. The molecular formula is C32H34N8O6. The number of carbonyl (C=O) groups excluding carboxylic acids is 5. The number of nitrogens with zero attached hydrogens (tertiary/aromatic N) is 4. The second-order valence-corrected chi connectivity index (χ2v) is 12.8. The third-order valence-corrected chi connectivity index (χ3v) is 9.62. The van der Waals surface area contributed by atoms with Crippen molar-refractivity contribution in [3.8, 4) is 17.9 Å². The third-order valence-electron chi connectivity index (χ3n) is 9.62. The fraction of sp³-hybridized carbons (Fsp3) is 0.406. The van der Waals surface area contributed by atoms with E-state index < -0.39 is 75.6 Å². The number of phenols is 1. The van der Waals surface area contributed by atoms with Gasteiger partial charge >= 0.3 is 0 Å². The number of nitrogens with two attached hydrogens (primary N) is 3. The topological polar surface area (TPSA) is 250 Å². The van der Waals surface area contributed by atoms with Gasteiger partial charge in [-0.25, -0.2) is 0 Å². The largest absolute Gasteiger partial charge is 0.505 e. The summed E-state index contributed by atoms with van der Waals surface area (Å²) < 4.78 is 0. The number of aromatic hydroxyl groups is 1. The Labute approximate surface area is 264 Å². The van der Waals surface area contributed by atoms with Crippen molar-refractivity contribution >= 4 is 40.4 Å². The first-order chi connectivity index (χ1) is 21.5. The minimum atomic E-state index is -2.82. The van der Waals surface area contributed by atoms with Gasteiger partial charge in [-0.15, -0.1) is 0 Å². The van der Waals surface area contributed by atoms with E-state index in [4.69, 9.17) is 22.5 Å². The zero-order valence-electron chi connectivity index (χ0n) is 25.7. The summed E-state index contributed by atoms with van der Waals surface area (Å²) in [5.41, 5.74) is 14.4. The van der Waals surface area contributed by atoms with Gasteiger partial charge in [-0.2, -0.15) is 10.5 Å². The number of anilines is 2. The molecule has 0 aliphatic heterocycles. The molecule has 238 valence electrons. The molecule has 1 amide bonds. The predicted molar refractivity (Wildman–Crippen MR) is 164 cm³/mol. The lowest BCUT2D eigenvalue weighted by Crippen LogP contribution is -2.85. The Morgan fingerprint density at radius 1 is 1.07 bits per heavy atom. The van der Waals surface area contributed by atoms with E-state index in [1.165, 1.54) is 19.0 Å². The monoisotopic (exact) mass is 626 g/mol. The van der Waals surface area contributed by atoms with Crippen LogP contribution in [0.25, 0.3) is 0 Å². The number of fused-ring (bicyclic) bond motifs is 3. The molecule has 0 heterocycles. The first-order valence-corrected chi connectivity index (χ1v) is 14.4. The summed E-state index contributed by atoms with van der Waals surface area (Å²) in [7, 11) is 6.34. The van der Waals surface area contributed by atoms with Crippen LogP contribution in [-0.4, -0.2) is 84.4 Å². The molecule has 2 saturated carbocycles. The second-order valence-electron chi connectivity index (χ2n) is 12.8. The molecule has 0 aromatic heterocycles. The third kappa shape index (κ3) is 4.22. The van der Waals surface area contributed by atoms with Crippen LogP contribution in [0.3, 0.4) is 0 Å². The average molecular weight is 627 g/mol. The van der Waals surface area contributed by atoms with Crippen molar-refractivity contribution in [3.63, 3.8) is 0 Å². The summed E-state index contributed by atoms with van der Waals surface area (Å²) >= 11 is 0. The highest BCUT2D eigenvalue weighted by Crippen LogP contribution is 2.57. The fourth-order valence-electron chi connectivity index (χ4n) is 7.68. The van der Waals surface area contributed by atoms with Crippen molar-refractivity contribution in [1.82, 2.24) is 4.90 Å². The van der Waals surface area contributed by atoms with E-state index in [0.717, 1.165) is 5.56 Å². The van der Waals surface area contributed by atoms with E-state index in [1.54, 1.807) is 55.4 Å². The number of nitrogens with one attached hydrogen (secondary N) is 1. The summed E-state index contributed by atoms with van der Waals surface area (Å²) in [6, 6.07) is 10.6. The fourth-order valence-corrected chi connectivity index (χ4v) is 7.68. The number of carbonyl (C=O) groups is 5. The van der Waals surface area contributed by atoms with E-state index in [1.807, 2.05) is 6.07 Å². The molecule has 2 aromatic carbocycles. The zero-order valence-corrected chi connectivity index (χ0v) is 25.7. The minimum absolute atomic E-state index is 0.164. The molecule has 6 atom stereocenters. The van der Waals surface area contributed by atoms with Gasteiger partial charge in [0.2, 0.25) is 5.91 Å². The standard InChI is InChI=1S/C32H34N8O6/c1-39(2)19-9-18(38-12-16-7-5-15(11-33)6-8-16)23(41)20-17(19)10-30(36)13-32(37)26(40(3)4)25(43)21(29(35)46)27(44)31(32,14-34)28(45)22(30)24(20)42/h5-9,21-22,26,38,41H,10,12-13,36-37H2,1-4H3,(H2,35,46)/t21?,22?,26-,30-,31+,32-/m1/s1. The van der Waals surface area contributed by atoms with Crippen LogP contribution in [0.4, 0.5) is 11.4 Å². The highest BCUT2D eigenvalue weighted by Gasteiger charge is 2.78. The maximum Gasteiger partial charge on any atom is 0.235 e. The molecule has 2 aromatic rings. The molecule has 5 rings (SSSR count). The smallest absolute Gasteiger partial charge is 0.235 e. The molecule has 2 fully saturated rings. The summed E-state index contributed by atoms with van der Waals surface area (Å²) in [4.78, 5) is 71.9. The number of likely N-dealkylation sites (N-methyl/N-ethyl adjacent to an activating group) is 1. The number of ketones is 4. The van der Waals surface area contributed by atoms with E-state index in [-0.39, 0.29) is 24.2 Å². The number of rotatable bonds is 6. The Morgan fingerprint density at radius 2 is 1.70 bits per heavy atom. The number of nitriles is 2. The van der Waals surface area contributed by atoms with Crippen LogP contribution in [-0.2, 0) is 32.1 Å². The highest BCUT2D eigenvalue weighted by molar-refractivity contribution is 6.33. The van der Waals surface area contributed by atoms with Crippen molar-refractivity contribution in [1.29, 1.82) is 10.5 Å². The number of primary amides is 1. The molecule has 14 heteroatoms. The number of benzene rings is 2. The van der Waals surface area contributed by atoms with Crippen molar-refractivity contribution < 1.29 is 29.1 Å². The Hall–Kier alpha value is -5.15. The number of hydrogen-bond acceptors (Lipinski definition) is 13. The van der Waals surface area contributed by atoms with Gasteiger partial charge in [0.1, 0.15) is 11.7 Å². The molecule has 0 spiro atoms. The lowest BCUT2D eigenvalue weighted by Gasteiger charge is -2.60. The molecular weight excluding hydrogens is 592 g/mol. The van der Waals surface area contributed by atoms with E-state index in [9.17, 15) is 34.3 Å². The SMILES string of the molecule is CN(C)c1cc(NCc2ccc(C#N)cc2)c(O)c2c1C[C@@]1(N)C[C@@]3(N)[C@H](N(C)C)C(=O)C(C(N)=O)C(=O)[C@@]3(C#N)C(=O)C1C2=O.